The van der Waals surface area contributed by atoms with Gasteiger partial charge in [-0.25, -0.2) is 9.97 Å². The van der Waals surface area contributed by atoms with Crippen molar-refractivity contribution in [3.8, 4) is 33.2 Å². The molecule has 7 rings (SSSR count). The molecule has 3 N–H and O–H groups in total. The summed E-state index contributed by atoms with van der Waals surface area (Å²) >= 11 is 1.78. The fourth-order valence-electron chi connectivity index (χ4n) is 5.45. The maximum absolute atomic E-state index is 12.8. The minimum Gasteiger partial charge on any atom is -0.324 e. The Bertz CT molecular complexity index is 1850. The van der Waals surface area contributed by atoms with E-state index in [9.17, 15) is 4.79 Å². The number of carbonyl (C=O) groups excluding carboxylic acids is 1. The number of nitrogens with one attached hydrogen (secondary N) is 3. The van der Waals surface area contributed by atoms with Crippen LogP contribution in [0.5, 0.6) is 0 Å². The van der Waals surface area contributed by atoms with Crippen molar-refractivity contribution in [2.75, 3.05) is 5.32 Å². The molecule has 0 radical (unpaired) electrons. The Labute approximate surface area is 234 Å². The number of aromatic nitrogens is 7. The molecule has 6 aromatic heterocycles. The lowest BCUT2D eigenvalue weighted by Gasteiger charge is -2.20. The van der Waals surface area contributed by atoms with Crippen LogP contribution in [0.2, 0.25) is 0 Å². The van der Waals surface area contributed by atoms with Crippen molar-refractivity contribution in [2.24, 2.45) is 5.92 Å². The van der Waals surface area contributed by atoms with Gasteiger partial charge in [0.1, 0.15) is 11.2 Å². The quantitative estimate of drug-likeness (QED) is 0.211. The standard InChI is InChI=1S/C30H28N8OS/c1-2-20-8-9-25(40-20)21-10-11-32-28-26(21)35-29(36-28)27-22-13-23(33-16-24(22)37-38-27)18-12-19(15-31-14-18)34-30(39)17-6-4-3-5-7-17/h8-17H,2-7H2,1H3,(H,34,39)(H,37,38)(H,32,35,36). The summed E-state index contributed by atoms with van der Waals surface area (Å²) in [5.74, 6) is 0.787. The van der Waals surface area contributed by atoms with Gasteiger partial charge in [0.15, 0.2) is 11.5 Å². The second kappa shape index (κ2) is 10.3. The van der Waals surface area contributed by atoms with Gasteiger partial charge < -0.3 is 10.3 Å². The lowest BCUT2D eigenvalue weighted by atomic mass is 9.88. The summed E-state index contributed by atoms with van der Waals surface area (Å²) in [6.07, 6.45) is 13.4. The van der Waals surface area contributed by atoms with Crippen LogP contribution in [-0.4, -0.2) is 41.0 Å². The van der Waals surface area contributed by atoms with Crippen LogP contribution in [-0.2, 0) is 11.2 Å². The summed E-state index contributed by atoms with van der Waals surface area (Å²) in [6.45, 7) is 2.16. The van der Waals surface area contributed by atoms with Gasteiger partial charge in [-0.05, 0) is 49.6 Å². The Balaban J connectivity index is 1.22. The Morgan fingerprint density at radius 3 is 2.83 bits per heavy atom. The average molecular weight is 549 g/mol. The zero-order chi connectivity index (χ0) is 27.1. The number of rotatable bonds is 6. The molecule has 1 amide bonds. The molecule has 1 saturated carbocycles. The van der Waals surface area contributed by atoms with Crippen molar-refractivity contribution in [2.45, 2.75) is 45.4 Å². The highest BCUT2D eigenvalue weighted by Crippen LogP contribution is 2.35. The van der Waals surface area contributed by atoms with Gasteiger partial charge in [-0.3, -0.25) is 19.9 Å². The molecule has 200 valence electrons. The second-order valence-electron chi connectivity index (χ2n) is 10.2. The van der Waals surface area contributed by atoms with Gasteiger partial charge in [0.05, 0.1) is 29.3 Å². The molecular formula is C30H28N8OS. The number of aromatic amines is 2. The Morgan fingerprint density at radius 1 is 1.07 bits per heavy atom. The lowest BCUT2D eigenvalue weighted by molar-refractivity contribution is -0.120. The van der Waals surface area contributed by atoms with E-state index in [1.165, 1.54) is 16.2 Å². The zero-order valence-corrected chi connectivity index (χ0v) is 22.9. The topological polar surface area (TPSA) is 125 Å². The first-order chi connectivity index (χ1) is 19.7. The van der Waals surface area contributed by atoms with Crippen molar-refractivity contribution in [3.05, 3.63) is 60.0 Å². The predicted molar refractivity (Wildman–Crippen MR) is 158 cm³/mol. The highest BCUT2D eigenvalue weighted by molar-refractivity contribution is 7.15. The van der Waals surface area contributed by atoms with E-state index in [2.05, 4.69) is 54.5 Å². The smallest absolute Gasteiger partial charge is 0.227 e. The van der Waals surface area contributed by atoms with Crippen LogP contribution in [0.25, 0.3) is 55.3 Å². The summed E-state index contributed by atoms with van der Waals surface area (Å²) in [4.78, 5) is 37.1. The van der Waals surface area contributed by atoms with Crippen LogP contribution < -0.4 is 5.32 Å². The Morgan fingerprint density at radius 2 is 1.98 bits per heavy atom. The van der Waals surface area contributed by atoms with Crippen LogP contribution in [0.3, 0.4) is 0 Å². The summed E-state index contributed by atoms with van der Waals surface area (Å²) < 4.78 is 0. The number of thiophene rings is 1. The molecule has 1 aliphatic carbocycles. The predicted octanol–water partition coefficient (Wildman–Crippen LogP) is 6.77. The van der Waals surface area contributed by atoms with Gasteiger partial charge in [0.2, 0.25) is 5.91 Å². The molecule has 0 spiro atoms. The molecule has 0 atom stereocenters. The summed E-state index contributed by atoms with van der Waals surface area (Å²) in [5, 5.41) is 11.6. The number of aryl methyl sites for hydroxylation is 1. The molecule has 6 heterocycles. The third-order valence-electron chi connectivity index (χ3n) is 7.61. The van der Waals surface area contributed by atoms with E-state index >= 15 is 0 Å². The van der Waals surface area contributed by atoms with Gasteiger partial charge in [-0.15, -0.1) is 11.3 Å². The maximum atomic E-state index is 12.8. The first-order valence-corrected chi connectivity index (χ1v) is 14.5. The van der Waals surface area contributed by atoms with E-state index in [-0.39, 0.29) is 11.8 Å². The minimum atomic E-state index is 0.0745. The van der Waals surface area contributed by atoms with Crippen LogP contribution in [0.1, 0.15) is 43.9 Å². The SMILES string of the molecule is CCc1ccc(-c2ccnc3[nH]c(-c4n[nH]c5cnc(-c6cncc(NC(=O)C7CCCCC7)c6)cc45)nc23)s1. The number of H-pyrrole nitrogens is 2. The summed E-state index contributed by atoms with van der Waals surface area (Å²) in [7, 11) is 0. The largest absolute Gasteiger partial charge is 0.324 e. The molecule has 6 aromatic rings. The third-order valence-corrected chi connectivity index (χ3v) is 8.87. The highest BCUT2D eigenvalue weighted by Gasteiger charge is 2.22. The van der Waals surface area contributed by atoms with Crippen molar-refractivity contribution >= 4 is 45.0 Å². The third kappa shape index (κ3) is 4.54. The monoisotopic (exact) mass is 548 g/mol. The molecule has 1 fully saturated rings. The van der Waals surface area contributed by atoms with Gasteiger partial charge in [-0.2, -0.15) is 5.10 Å². The molecule has 0 bridgehead atoms. The van der Waals surface area contributed by atoms with Crippen LogP contribution in [0, 0.1) is 5.92 Å². The van der Waals surface area contributed by atoms with E-state index in [1.54, 1.807) is 29.9 Å². The number of carbonyl (C=O) groups is 1. The molecule has 1 aliphatic rings. The van der Waals surface area contributed by atoms with E-state index in [0.717, 1.165) is 71.0 Å². The number of nitrogens with zero attached hydrogens (tertiary/aromatic N) is 5. The molecule has 0 saturated heterocycles. The number of hydrogen-bond donors (Lipinski definition) is 3. The number of amides is 1. The molecular weight excluding hydrogens is 520 g/mol. The minimum absolute atomic E-state index is 0.0745. The highest BCUT2D eigenvalue weighted by atomic mass is 32.1. The molecule has 0 aliphatic heterocycles. The van der Waals surface area contributed by atoms with Crippen molar-refractivity contribution in [1.82, 2.24) is 35.1 Å². The van der Waals surface area contributed by atoms with Crippen LogP contribution >= 0.6 is 11.3 Å². The van der Waals surface area contributed by atoms with E-state index in [1.807, 2.05) is 24.4 Å². The van der Waals surface area contributed by atoms with E-state index in [4.69, 9.17) is 4.98 Å². The van der Waals surface area contributed by atoms with Gasteiger partial charge in [0.25, 0.3) is 0 Å². The molecule has 0 unspecified atom stereocenters. The zero-order valence-electron chi connectivity index (χ0n) is 22.1. The molecule has 0 aromatic carbocycles. The summed E-state index contributed by atoms with van der Waals surface area (Å²) in [6, 6.07) is 10.2. The molecule has 40 heavy (non-hydrogen) atoms. The van der Waals surface area contributed by atoms with Gasteiger partial charge in [-0.1, -0.05) is 26.2 Å². The fourth-order valence-corrected chi connectivity index (χ4v) is 6.42. The molecule has 9 nitrogen and oxygen atoms in total. The van der Waals surface area contributed by atoms with E-state index < -0.39 is 0 Å². The lowest BCUT2D eigenvalue weighted by Crippen LogP contribution is -2.24. The number of fused-ring (bicyclic) bond motifs is 2. The molecule has 10 heteroatoms. The van der Waals surface area contributed by atoms with Crippen LogP contribution in [0.4, 0.5) is 5.69 Å². The van der Waals surface area contributed by atoms with Crippen LogP contribution in [0.15, 0.2) is 55.1 Å². The number of pyridine rings is 3. The van der Waals surface area contributed by atoms with E-state index in [0.29, 0.717) is 17.2 Å². The Hall–Kier alpha value is -4.44. The summed E-state index contributed by atoms with van der Waals surface area (Å²) in [5.41, 5.74) is 6.31. The maximum Gasteiger partial charge on any atom is 0.227 e. The second-order valence-corrected chi connectivity index (χ2v) is 11.4. The number of anilines is 1. The number of hydrogen-bond acceptors (Lipinski definition) is 7. The van der Waals surface area contributed by atoms with Gasteiger partial charge in [0, 0.05) is 44.6 Å². The van der Waals surface area contributed by atoms with Crippen molar-refractivity contribution < 1.29 is 4.79 Å². The first kappa shape index (κ1) is 24.6. The van der Waals surface area contributed by atoms with Crippen molar-refractivity contribution in [3.63, 3.8) is 0 Å². The fraction of sp³-hybridized carbons (Fsp3) is 0.267. The van der Waals surface area contributed by atoms with Gasteiger partial charge >= 0.3 is 0 Å². The first-order valence-electron chi connectivity index (χ1n) is 13.7. The Kier molecular flexibility index (Phi) is 6.31. The average Bonchev–Trinajstić information content (AvgIpc) is 3.75. The normalized spacial score (nSPS) is 14.2. The number of imidazole rings is 1. The van der Waals surface area contributed by atoms with Crippen molar-refractivity contribution in [1.29, 1.82) is 0 Å².